The highest BCUT2D eigenvalue weighted by molar-refractivity contribution is 7.92. The van der Waals surface area contributed by atoms with Gasteiger partial charge in [0.25, 0.3) is 15.9 Å². The molecule has 0 bridgehead atoms. The monoisotopic (exact) mass is 516 g/mol. The van der Waals surface area contributed by atoms with Crippen molar-refractivity contribution >= 4 is 33.2 Å². The number of benzene rings is 2. The van der Waals surface area contributed by atoms with Crippen LogP contribution in [0.4, 0.5) is 11.4 Å². The highest BCUT2D eigenvalue weighted by Crippen LogP contribution is 2.30. The van der Waals surface area contributed by atoms with Gasteiger partial charge in [0.05, 0.1) is 22.8 Å². The van der Waals surface area contributed by atoms with Crippen LogP contribution in [0.1, 0.15) is 15.9 Å². The lowest BCUT2D eigenvalue weighted by molar-refractivity contribution is -0.121. The zero-order valence-corrected chi connectivity index (χ0v) is 22.2. The van der Waals surface area contributed by atoms with Crippen LogP contribution in [0.15, 0.2) is 47.4 Å². The maximum Gasteiger partial charge on any atom is 0.261 e. The van der Waals surface area contributed by atoms with Gasteiger partial charge in [-0.3, -0.25) is 14.3 Å². The van der Waals surface area contributed by atoms with E-state index in [-0.39, 0.29) is 23.3 Å². The first-order valence-electron chi connectivity index (χ1n) is 11.9. The smallest absolute Gasteiger partial charge is 0.261 e. The van der Waals surface area contributed by atoms with Gasteiger partial charge in [-0.25, -0.2) is 8.42 Å². The average Bonchev–Trinajstić information content (AvgIpc) is 2.83. The summed E-state index contributed by atoms with van der Waals surface area (Å²) in [7, 11) is 1.50. The number of aryl methyl sites for hydroxylation is 1. The van der Waals surface area contributed by atoms with Crippen LogP contribution in [0.2, 0.25) is 0 Å². The maximum atomic E-state index is 13.2. The van der Waals surface area contributed by atoms with Gasteiger partial charge in [-0.15, -0.1) is 0 Å². The number of carbonyl (C=O) groups is 2. The van der Waals surface area contributed by atoms with Crippen molar-refractivity contribution in [3.63, 3.8) is 0 Å². The van der Waals surface area contributed by atoms with E-state index < -0.39 is 10.0 Å². The number of anilines is 2. The van der Waals surface area contributed by atoms with Crippen LogP contribution in [-0.2, 0) is 14.8 Å². The standard InChI is InChI=1S/C25H36N6O4S/c1-19-5-8-21(9-6-19)36(34,35)28-22-17-20(7-10-23(22)31-15-11-26-12-16-31)25(33)30(4)18-24(32)27-13-14-29(2)3/h5-10,17,26,28H,11-16,18H2,1-4H3,(H,27,32). The van der Waals surface area contributed by atoms with Crippen LogP contribution in [0.3, 0.4) is 0 Å². The van der Waals surface area contributed by atoms with Crippen LogP contribution in [0.25, 0.3) is 0 Å². The number of amides is 2. The molecule has 0 radical (unpaired) electrons. The minimum Gasteiger partial charge on any atom is -0.367 e. The van der Waals surface area contributed by atoms with E-state index in [0.29, 0.717) is 43.1 Å². The summed E-state index contributed by atoms with van der Waals surface area (Å²) in [6.07, 6.45) is 0. The van der Waals surface area contributed by atoms with Gasteiger partial charge in [0.2, 0.25) is 5.91 Å². The normalized spacial score (nSPS) is 14.0. The summed E-state index contributed by atoms with van der Waals surface area (Å²) in [5.41, 5.74) is 2.27. The van der Waals surface area contributed by atoms with E-state index in [1.54, 1.807) is 49.5 Å². The van der Waals surface area contributed by atoms with Gasteiger partial charge in [-0.1, -0.05) is 17.7 Å². The molecule has 36 heavy (non-hydrogen) atoms. The first kappa shape index (κ1) is 27.4. The first-order valence-corrected chi connectivity index (χ1v) is 13.4. The molecule has 0 aromatic heterocycles. The number of likely N-dealkylation sites (N-methyl/N-ethyl adjacent to an activating group) is 2. The second kappa shape index (κ2) is 12.2. The lowest BCUT2D eigenvalue weighted by atomic mass is 10.1. The van der Waals surface area contributed by atoms with E-state index in [2.05, 4.69) is 20.3 Å². The fourth-order valence-corrected chi connectivity index (χ4v) is 4.90. The Kier molecular flexibility index (Phi) is 9.30. The Morgan fingerprint density at radius 3 is 2.33 bits per heavy atom. The van der Waals surface area contributed by atoms with Crippen LogP contribution in [-0.4, -0.2) is 97.0 Å². The van der Waals surface area contributed by atoms with Gasteiger partial charge in [-0.05, 0) is 51.4 Å². The summed E-state index contributed by atoms with van der Waals surface area (Å²) in [5, 5.41) is 6.07. The molecule has 3 N–H and O–H groups in total. The number of rotatable bonds is 10. The minimum atomic E-state index is -3.88. The summed E-state index contributed by atoms with van der Waals surface area (Å²) in [5.74, 6) is -0.633. The number of nitrogens with zero attached hydrogens (tertiary/aromatic N) is 3. The minimum absolute atomic E-state index is 0.101. The Morgan fingerprint density at radius 2 is 1.69 bits per heavy atom. The number of sulfonamides is 1. The van der Waals surface area contributed by atoms with Crippen molar-refractivity contribution in [2.24, 2.45) is 0 Å². The maximum absolute atomic E-state index is 13.2. The molecule has 0 atom stereocenters. The zero-order valence-electron chi connectivity index (χ0n) is 21.4. The Bertz CT molecular complexity index is 1160. The molecule has 11 heteroatoms. The summed E-state index contributed by atoms with van der Waals surface area (Å²) in [6, 6.07) is 11.6. The molecule has 10 nitrogen and oxygen atoms in total. The molecule has 0 saturated carbocycles. The number of hydrogen-bond acceptors (Lipinski definition) is 7. The average molecular weight is 517 g/mol. The molecular weight excluding hydrogens is 480 g/mol. The van der Waals surface area contributed by atoms with Crippen molar-refractivity contribution in [3.8, 4) is 0 Å². The molecule has 0 unspecified atom stereocenters. The van der Waals surface area contributed by atoms with Crippen molar-refractivity contribution in [1.82, 2.24) is 20.4 Å². The Labute approximate surface area is 213 Å². The summed E-state index contributed by atoms with van der Waals surface area (Å²) >= 11 is 0. The highest BCUT2D eigenvalue weighted by atomic mass is 32.2. The predicted molar refractivity (Wildman–Crippen MR) is 142 cm³/mol. The van der Waals surface area contributed by atoms with E-state index >= 15 is 0 Å². The van der Waals surface area contributed by atoms with Gasteiger partial charge < -0.3 is 25.3 Å². The Hall–Kier alpha value is -3.15. The molecule has 1 saturated heterocycles. The Balaban J connectivity index is 1.83. The van der Waals surface area contributed by atoms with Crippen molar-refractivity contribution in [1.29, 1.82) is 0 Å². The van der Waals surface area contributed by atoms with Crippen LogP contribution in [0, 0.1) is 6.92 Å². The second-order valence-corrected chi connectivity index (χ2v) is 10.9. The molecule has 0 spiro atoms. The molecule has 1 fully saturated rings. The summed E-state index contributed by atoms with van der Waals surface area (Å²) in [4.78, 5) is 30.9. The fourth-order valence-electron chi connectivity index (χ4n) is 3.84. The van der Waals surface area contributed by atoms with Crippen LogP contribution in [0.5, 0.6) is 0 Å². The van der Waals surface area contributed by atoms with Gasteiger partial charge >= 0.3 is 0 Å². The molecule has 2 aromatic carbocycles. The van der Waals surface area contributed by atoms with Crippen molar-refractivity contribution in [2.45, 2.75) is 11.8 Å². The largest absolute Gasteiger partial charge is 0.367 e. The van der Waals surface area contributed by atoms with Crippen molar-refractivity contribution in [3.05, 3.63) is 53.6 Å². The first-order chi connectivity index (χ1) is 17.1. The SMILES string of the molecule is Cc1ccc(S(=O)(=O)Nc2cc(C(=O)N(C)CC(=O)NCCN(C)C)ccc2N2CCNCC2)cc1. The molecule has 2 aromatic rings. The molecule has 196 valence electrons. The highest BCUT2D eigenvalue weighted by Gasteiger charge is 2.23. The number of carbonyl (C=O) groups excluding carboxylic acids is 2. The molecule has 1 heterocycles. The molecular formula is C25H36N6O4S. The van der Waals surface area contributed by atoms with Gasteiger partial charge in [0.15, 0.2) is 0 Å². The van der Waals surface area contributed by atoms with Crippen molar-refractivity contribution in [2.75, 3.05) is 76.6 Å². The van der Waals surface area contributed by atoms with Gasteiger partial charge in [-0.2, -0.15) is 0 Å². The lowest BCUT2D eigenvalue weighted by Crippen LogP contribution is -2.44. The van der Waals surface area contributed by atoms with Crippen molar-refractivity contribution < 1.29 is 18.0 Å². The van der Waals surface area contributed by atoms with E-state index in [4.69, 9.17) is 0 Å². The molecule has 2 amide bonds. The van der Waals surface area contributed by atoms with Gasteiger partial charge in [0, 0.05) is 51.9 Å². The predicted octanol–water partition coefficient (Wildman–Crippen LogP) is 0.955. The number of piperazine rings is 1. The number of nitrogens with one attached hydrogen (secondary N) is 3. The van der Waals surface area contributed by atoms with E-state index in [0.717, 1.165) is 18.7 Å². The van der Waals surface area contributed by atoms with Crippen LogP contribution < -0.4 is 20.3 Å². The van der Waals surface area contributed by atoms with E-state index in [9.17, 15) is 18.0 Å². The van der Waals surface area contributed by atoms with E-state index in [1.807, 2.05) is 25.9 Å². The topological polar surface area (TPSA) is 114 Å². The van der Waals surface area contributed by atoms with E-state index in [1.165, 1.54) is 4.90 Å². The molecule has 1 aliphatic rings. The molecule has 0 aliphatic carbocycles. The number of hydrogen-bond donors (Lipinski definition) is 3. The zero-order chi connectivity index (χ0) is 26.3. The lowest BCUT2D eigenvalue weighted by Gasteiger charge is -2.31. The second-order valence-electron chi connectivity index (χ2n) is 9.20. The molecule has 3 rings (SSSR count). The Morgan fingerprint density at radius 1 is 1.03 bits per heavy atom. The third-order valence-electron chi connectivity index (χ3n) is 5.89. The third-order valence-corrected chi connectivity index (χ3v) is 7.27. The van der Waals surface area contributed by atoms with Gasteiger partial charge in [0.1, 0.15) is 0 Å². The molecule has 1 aliphatic heterocycles. The third kappa shape index (κ3) is 7.42. The fraction of sp³-hybridized carbons (Fsp3) is 0.440. The summed E-state index contributed by atoms with van der Waals surface area (Å²) < 4.78 is 29.0. The quantitative estimate of drug-likeness (QED) is 0.431. The van der Waals surface area contributed by atoms with Crippen LogP contribution >= 0.6 is 0 Å². The summed E-state index contributed by atoms with van der Waals surface area (Å²) in [6.45, 7) is 5.93.